The molecule has 0 aliphatic heterocycles. The molecule has 2 rings (SSSR count). The molecule has 0 aromatic heterocycles. The molecule has 0 spiro atoms. The standard InChI is InChI=1S/C18H20BrNO5/c1-21-14-5-6-16(22-2)12(7-14)10-20-25-11-13-8-18(24-4)15(19)9-17(13)23-3/h5-10H,11H2,1-4H3/b20-10+. The lowest BCUT2D eigenvalue weighted by molar-refractivity contribution is 0.129. The first-order valence-corrected chi connectivity index (χ1v) is 8.20. The summed E-state index contributed by atoms with van der Waals surface area (Å²) in [4.78, 5) is 5.40. The molecule has 7 heteroatoms. The number of hydrogen-bond donors (Lipinski definition) is 0. The van der Waals surface area contributed by atoms with Crippen LogP contribution in [0.4, 0.5) is 0 Å². The van der Waals surface area contributed by atoms with Crippen LogP contribution in [0.3, 0.4) is 0 Å². The number of methoxy groups -OCH3 is 4. The van der Waals surface area contributed by atoms with Crippen molar-refractivity contribution in [1.29, 1.82) is 0 Å². The van der Waals surface area contributed by atoms with Gasteiger partial charge in [0.1, 0.15) is 29.6 Å². The number of halogens is 1. The molecule has 0 aliphatic rings. The summed E-state index contributed by atoms with van der Waals surface area (Å²) in [5, 5.41) is 4.01. The third kappa shape index (κ3) is 4.79. The van der Waals surface area contributed by atoms with E-state index in [-0.39, 0.29) is 6.61 Å². The van der Waals surface area contributed by atoms with E-state index in [4.69, 9.17) is 23.8 Å². The Labute approximate surface area is 155 Å². The average molecular weight is 410 g/mol. The maximum Gasteiger partial charge on any atom is 0.146 e. The molecule has 134 valence electrons. The molecular weight excluding hydrogens is 390 g/mol. The molecule has 0 aliphatic carbocycles. The second-order valence-electron chi connectivity index (χ2n) is 4.91. The first-order chi connectivity index (χ1) is 12.1. The van der Waals surface area contributed by atoms with Crippen molar-refractivity contribution in [3.63, 3.8) is 0 Å². The monoisotopic (exact) mass is 409 g/mol. The molecule has 2 aromatic rings. The van der Waals surface area contributed by atoms with Crippen LogP contribution in [0.25, 0.3) is 0 Å². The first-order valence-electron chi connectivity index (χ1n) is 7.40. The Hall–Kier alpha value is -2.41. The zero-order chi connectivity index (χ0) is 18.2. The van der Waals surface area contributed by atoms with E-state index in [9.17, 15) is 0 Å². The molecule has 0 radical (unpaired) electrons. The summed E-state index contributed by atoms with van der Waals surface area (Å²) in [6.07, 6.45) is 1.57. The molecule has 25 heavy (non-hydrogen) atoms. The Balaban J connectivity index is 2.11. The van der Waals surface area contributed by atoms with Crippen LogP contribution in [0.15, 0.2) is 40.0 Å². The summed E-state index contributed by atoms with van der Waals surface area (Å²) in [7, 11) is 6.40. The largest absolute Gasteiger partial charge is 0.497 e. The van der Waals surface area contributed by atoms with Crippen molar-refractivity contribution in [2.75, 3.05) is 28.4 Å². The van der Waals surface area contributed by atoms with Gasteiger partial charge in [-0.3, -0.25) is 0 Å². The number of rotatable bonds is 8. The van der Waals surface area contributed by atoms with Crippen molar-refractivity contribution in [3.05, 3.63) is 45.9 Å². The van der Waals surface area contributed by atoms with Crippen LogP contribution >= 0.6 is 15.9 Å². The smallest absolute Gasteiger partial charge is 0.146 e. The fraction of sp³-hybridized carbons (Fsp3) is 0.278. The van der Waals surface area contributed by atoms with Crippen LogP contribution in [0.2, 0.25) is 0 Å². The van der Waals surface area contributed by atoms with Crippen molar-refractivity contribution in [3.8, 4) is 23.0 Å². The Morgan fingerprint density at radius 1 is 0.880 bits per heavy atom. The fourth-order valence-electron chi connectivity index (χ4n) is 2.18. The maximum absolute atomic E-state index is 5.40. The minimum absolute atomic E-state index is 0.232. The van der Waals surface area contributed by atoms with Gasteiger partial charge >= 0.3 is 0 Å². The van der Waals surface area contributed by atoms with Gasteiger partial charge in [-0.2, -0.15) is 0 Å². The maximum atomic E-state index is 5.40. The van der Waals surface area contributed by atoms with Gasteiger partial charge < -0.3 is 23.8 Å². The van der Waals surface area contributed by atoms with Crippen molar-refractivity contribution in [2.45, 2.75) is 6.61 Å². The SMILES string of the molecule is COc1ccc(OC)c(/C=N/OCc2cc(OC)c(Br)cc2OC)c1. The average Bonchev–Trinajstić information content (AvgIpc) is 2.65. The quantitative estimate of drug-likeness (QED) is 0.486. The third-order valence-electron chi connectivity index (χ3n) is 3.48. The lowest BCUT2D eigenvalue weighted by atomic mass is 10.2. The normalized spacial score (nSPS) is 10.6. The molecular formula is C18H20BrNO5. The predicted octanol–water partition coefficient (Wildman–Crippen LogP) is 4.03. The van der Waals surface area contributed by atoms with Crippen molar-refractivity contribution in [2.24, 2.45) is 5.16 Å². The zero-order valence-corrected chi connectivity index (χ0v) is 16.1. The minimum atomic E-state index is 0.232. The molecule has 2 aromatic carbocycles. The number of hydrogen-bond acceptors (Lipinski definition) is 6. The van der Waals surface area contributed by atoms with E-state index in [0.717, 1.165) is 15.6 Å². The highest BCUT2D eigenvalue weighted by molar-refractivity contribution is 9.10. The molecule has 0 bridgehead atoms. The Morgan fingerprint density at radius 2 is 1.60 bits per heavy atom. The summed E-state index contributed by atoms with van der Waals surface area (Å²) in [6, 6.07) is 9.10. The first kappa shape index (κ1) is 18.9. The summed E-state index contributed by atoms with van der Waals surface area (Å²) in [6.45, 7) is 0.232. The van der Waals surface area contributed by atoms with E-state index >= 15 is 0 Å². The van der Waals surface area contributed by atoms with Crippen molar-refractivity contribution in [1.82, 2.24) is 0 Å². The van der Waals surface area contributed by atoms with Crippen LogP contribution in [-0.4, -0.2) is 34.7 Å². The summed E-state index contributed by atoms with van der Waals surface area (Å²) >= 11 is 3.42. The van der Waals surface area contributed by atoms with Crippen molar-refractivity contribution < 1.29 is 23.8 Å². The van der Waals surface area contributed by atoms with Gasteiger partial charge in [0, 0.05) is 11.1 Å². The van der Waals surface area contributed by atoms with Gasteiger partial charge in [0.2, 0.25) is 0 Å². The van der Waals surface area contributed by atoms with Gasteiger partial charge in [-0.1, -0.05) is 5.16 Å². The minimum Gasteiger partial charge on any atom is -0.497 e. The zero-order valence-electron chi connectivity index (χ0n) is 14.5. The van der Waals surface area contributed by atoms with E-state index < -0.39 is 0 Å². The number of ether oxygens (including phenoxy) is 4. The van der Waals surface area contributed by atoms with Gasteiger partial charge in [-0.15, -0.1) is 0 Å². The summed E-state index contributed by atoms with van der Waals surface area (Å²) in [5.74, 6) is 2.76. The Morgan fingerprint density at radius 3 is 2.24 bits per heavy atom. The van der Waals surface area contributed by atoms with E-state index in [1.807, 2.05) is 30.3 Å². The summed E-state index contributed by atoms with van der Waals surface area (Å²) < 4.78 is 21.9. The highest BCUT2D eigenvalue weighted by Crippen LogP contribution is 2.33. The second-order valence-corrected chi connectivity index (χ2v) is 5.77. The molecule has 0 saturated carbocycles. The third-order valence-corrected chi connectivity index (χ3v) is 4.10. The second kappa shape index (κ2) is 9.17. The van der Waals surface area contributed by atoms with Gasteiger partial charge in [0.25, 0.3) is 0 Å². The molecule has 0 heterocycles. The highest BCUT2D eigenvalue weighted by Gasteiger charge is 2.10. The fourth-order valence-corrected chi connectivity index (χ4v) is 2.66. The van der Waals surface area contributed by atoms with Crippen molar-refractivity contribution >= 4 is 22.1 Å². The van der Waals surface area contributed by atoms with E-state index in [1.54, 1.807) is 34.7 Å². The Kier molecular flexibility index (Phi) is 6.94. The molecule has 0 amide bonds. The van der Waals surface area contributed by atoms with Crippen LogP contribution in [0.5, 0.6) is 23.0 Å². The number of nitrogens with zero attached hydrogens (tertiary/aromatic N) is 1. The van der Waals surface area contributed by atoms with Gasteiger partial charge in [-0.05, 0) is 46.3 Å². The van der Waals surface area contributed by atoms with E-state index in [1.165, 1.54) is 0 Å². The Bertz CT molecular complexity index is 748. The topological polar surface area (TPSA) is 58.5 Å². The lowest BCUT2D eigenvalue weighted by Gasteiger charge is -2.11. The molecule has 0 atom stereocenters. The van der Waals surface area contributed by atoms with Crippen LogP contribution in [-0.2, 0) is 11.4 Å². The lowest BCUT2D eigenvalue weighted by Crippen LogP contribution is -1.97. The van der Waals surface area contributed by atoms with Crippen LogP contribution in [0.1, 0.15) is 11.1 Å². The molecule has 0 N–H and O–H groups in total. The number of benzene rings is 2. The number of oxime groups is 1. The highest BCUT2D eigenvalue weighted by atomic mass is 79.9. The van der Waals surface area contributed by atoms with Crippen LogP contribution in [0, 0.1) is 0 Å². The van der Waals surface area contributed by atoms with Gasteiger partial charge in [-0.25, -0.2) is 0 Å². The van der Waals surface area contributed by atoms with Gasteiger partial charge in [0.15, 0.2) is 0 Å². The molecule has 0 fully saturated rings. The van der Waals surface area contributed by atoms with E-state index in [2.05, 4.69) is 21.1 Å². The molecule has 0 saturated heterocycles. The molecule has 6 nitrogen and oxygen atoms in total. The van der Waals surface area contributed by atoms with Gasteiger partial charge in [0.05, 0.1) is 39.1 Å². The predicted molar refractivity (Wildman–Crippen MR) is 99.2 cm³/mol. The summed E-state index contributed by atoms with van der Waals surface area (Å²) in [5.41, 5.74) is 1.57. The van der Waals surface area contributed by atoms with E-state index in [0.29, 0.717) is 23.0 Å². The molecule has 0 unspecified atom stereocenters. The van der Waals surface area contributed by atoms with Crippen LogP contribution < -0.4 is 18.9 Å².